The lowest BCUT2D eigenvalue weighted by Gasteiger charge is -2.39. The molecule has 0 radical (unpaired) electrons. The van der Waals surface area contributed by atoms with Crippen LogP contribution >= 0.6 is 0 Å². The Kier molecular flexibility index (Phi) is 5.89. The highest BCUT2D eigenvalue weighted by Crippen LogP contribution is 2.45. The van der Waals surface area contributed by atoms with E-state index in [4.69, 9.17) is 5.11 Å². The van der Waals surface area contributed by atoms with E-state index >= 15 is 0 Å². The van der Waals surface area contributed by atoms with Gasteiger partial charge in [0.25, 0.3) is 6.43 Å². The molecule has 0 bridgehead atoms. The highest BCUT2D eigenvalue weighted by molar-refractivity contribution is 7.90. The molecule has 0 aliphatic heterocycles. The van der Waals surface area contributed by atoms with Crippen LogP contribution in [0.3, 0.4) is 0 Å². The van der Waals surface area contributed by atoms with Gasteiger partial charge in [0.05, 0.1) is 0 Å². The Labute approximate surface area is 138 Å². The first-order valence-electron chi connectivity index (χ1n) is 6.62. The zero-order valence-corrected chi connectivity index (χ0v) is 13.8. The first-order valence-corrected chi connectivity index (χ1v) is 7.77. The molecule has 0 amide bonds. The van der Waals surface area contributed by atoms with Crippen molar-refractivity contribution in [3.63, 3.8) is 0 Å². The molecule has 0 aromatic heterocycles. The smallest absolute Gasteiger partial charge is 0.377 e. The molecule has 0 saturated heterocycles. The van der Waals surface area contributed by atoms with E-state index in [0.717, 1.165) is 12.1 Å². The van der Waals surface area contributed by atoms with Crippen molar-refractivity contribution in [2.24, 2.45) is 0 Å². The Hall–Kier alpha value is -1.39. The zero-order chi connectivity index (χ0) is 18.9. The number of carboxylic acid groups (broad SMARTS) is 1. The minimum Gasteiger partial charge on any atom is -0.598 e. The maximum atomic E-state index is 14.3. The second-order valence-electron chi connectivity index (χ2n) is 5.95. The maximum absolute atomic E-state index is 14.3. The summed E-state index contributed by atoms with van der Waals surface area (Å²) in [5, 5.41) is 8.75. The summed E-state index contributed by atoms with van der Waals surface area (Å²) in [4.78, 5) is 10.9. The van der Waals surface area contributed by atoms with Crippen molar-refractivity contribution in [2.45, 2.75) is 43.4 Å². The van der Waals surface area contributed by atoms with Gasteiger partial charge in [0.1, 0.15) is 10.6 Å². The quantitative estimate of drug-likeness (QED) is 0.594. The molecule has 1 aromatic carbocycles. The Morgan fingerprint density at radius 2 is 1.75 bits per heavy atom. The number of carbonyl (C=O) groups is 1. The molecule has 0 heterocycles. The van der Waals surface area contributed by atoms with E-state index < -0.39 is 51.3 Å². The zero-order valence-electron chi connectivity index (χ0n) is 12.9. The molecule has 4 nitrogen and oxygen atoms in total. The van der Waals surface area contributed by atoms with Crippen LogP contribution in [0.25, 0.3) is 0 Å². The minimum absolute atomic E-state index is 0.602. The summed E-state index contributed by atoms with van der Waals surface area (Å²) >= 11 is -2.54. The molecule has 2 atom stereocenters. The van der Waals surface area contributed by atoms with Crippen molar-refractivity contribution in [3.05, 3.63) is 35.6 Å². The average Bonchev–Trinajstić information content (AvgIpc) is 2.43. The normalized spacial score (nSPS) is 16.8. The van der Waals surface area contributed by atoms with E-state index in [1.54, 1.807) is 0 Å². The SMILES string of the molecule is CC(C)(C)[S+]([O-])NC(c1ccccc1F)(C(F)F)C(F)(F)C(=O)O. The number of halogens is 5. The van der Waals surface area contributed by atoms with Crippen molar-refractivity contribution in [1.29, 1.82) is 0 Å². The Balaban J connectivity index is 3.72. The molecule has 0 fully saturated rings. The van der Waals surface area contributed by atoms with Crippen molar-refractivity contribution in [2.75, 3.05) is 0 Å². The summed E-state index contributed by atoms with van der Waals surface area (Å²) < 4.78 is 82.4. The number of hydrogen-bond donors (Lipinski definition) is 2. The second kappa shape index (κ2) is 6.85. The fourth-order valence-corrected chi connectivity index (χ4v) is 2.76. The van der Waals surface area contributed by atoms with Gasteiger partial charge in [-0.2, -0.15) is 8.78 Å². The fraction of sp³-hybridized carbons (Fsp3) is 0.500. The molecular formula is C14H16F5NO3S. The first-order chi connectivity index (χ1) is 10.8. The second-order valence-corrected chi connectivity index (χ2v) is 7.92. The number of nitrogens with one attached hydrogen (secondary N) is 1. The van der Waals surface area contributed by atoms with E-state index in [1.807, 2.05) is 0 Å². The van der Waals surface area contributed by atoms with Crippen LogP contribution in [0.1, 0.15) is 26.3 Å². The standard InChI is InChI=1S/C14H16F5NO3S/c1-12(2,3)24(23)20-13(10(16)17,14(18,19)11(21)22)8-6-4-5-7-9(8)15/h4-7,10,20H,1-3H3,(H,21,22). The summed E-state index contributed by atoms with van der Waals surface area (Å²) in [6.45, 7) is 3.89. The third-order valence-electron chi connectivity index (χ3n) is 3.20. The maximum Gasteiger partial charge on any atom is 0.377 e. The molecule has 24 heavy (non-hydrogen) atoms. The number of aliphatic carboxylic acids is 1. The molecular weight excluding hydrogens is 357 g/mol. The molecule has 1 aromatic rings. The van der Waals surface area contributed by atoms with Gasteiger partial charge in [0.2, 0.25) is 5.54 Å². The van der Waals surface area contributed by atoms with Crippen LogP contribution in [-0.2, 0) is 21.7 Å². The van der Waals surface area contributed by atoms with E-state index in [9.17, 15) is 31.3 Å². The third kappa shape index (κ3) is 3.50. The largest absolute Gasteiger partial charge is 0.598 e. The summed E-state index contributed by atoms with van der Waals surface area (Å²) in [6.07, 6.45) is -4.08. The van der Waals surface area contributed by atoms with E-state index in [-0.39, 0.29) is 0 Å². The van der Waals surface area contributed by atoms with Crippen LogP contribution in [-0.4, -0.2) is 32.7 Å². The summed E-state index contributed by atoms with van der Waals surface area (Å²) in [7, 11) is 0. The first kappa shape index (κ1) is 20.7. The molecule has 0 spiro atoms. The predicted octanol–water partition coefficient (Wildman–Crippen LogP) is 3.06. The molecule has 0 aliphatic rings. The van der Waals surface area contributed by atoms with Gasteiger partial charge in [0, 0.05) is 16.9 Å². The topological polar surface area (TPSA) is 72.4 Å². The van der Waals surface area contributed by atoms with Gasteiger partial charge >= 0.3 is 11.9 Å². The van der Waals surface area contributed by atoms with Crippen LogP contribution in [0.15, 0.2) is 24.3 Å². The Morgan fingerprint density at radius 1 is 1.25 bits per heavy atom. The highest BCUT2D eigenvalue weighted by Gasteiger charge is 2.70. The fourth-order valence-electron chi connectivity index (χ4n) is 1.84. The molecule has 2 N–H and O–H groups in total. The minimum atomic E-state index is -5.15. The van der Waals surface area contributed by atoms with E-state index in [2.05, 4.69) is 0 Å². The summed E-state index contributed by atoms with van der Waals surface area (Å²) in [5.41, 5.74) is -5.30. The van der Waals surface area contributed by atoms with Crippen molar-refractivity contribution in [1.82, 2.24) is 4.72 Å². The Morgan fingerprint density at radius 3 is 2.12 bits per heavy atom. The lowest BCUT2D eigenvalue weighted by molar-refractivity contribution is -0.193. The predicted molar refractivity (Wildman–Crippen MR) is 77.7 cm³/mol. The van der Waals surface area contributed by atoms with Gasteiger partial charge in [-0.25, -0.2) is 18.0 Å². The molecule has 0 aliphatic carbocycles. The molecule has 0 saturated carbocycles. The monoisotopic (exact) mass is 373 g/mol. The highest BCUT2D eigenvalue weighted by atomic mass is 32.2. The van der Waals surface area contributed by atoms with Crippen molar-refractivity contribution >= 4 is 17.3 Å². The van der Waals surface area contributed by atoms with Gasteiger partial charge in [-0.15, -0.1) is 4.72 Å². The van der Waals surface area contributed by atoms with Gasteiger partial charge in [0.15, 0.2) is 0 Å². The molecule has 136 valence electrons. The van der Waals surface area contributed by atoms with Gasteiger partial charge in [-0.1, -0.05) is 18.2 Å². The van der Waals surface area contributed by atoms with Crippen LogP contribution in [0.4, 0.5) is 22.0 Å². The number of carboxylic acids is 1. The number of hydrogen-bond acceptors (Lipinski definition) is 3. The number of rotatable bonds is 6. The third-order valence-corrected chi connectivity index (χ3v) is 4.82. The van der Waals surface area contributed by atoms with E-state index in [0.29, 0.717) is 12.1 Å². The van der Waals surface area contributed by atoms with E-state index in [1.165, 1.54) is 25.5 Å². The van der Waals surface area contributed by atoms with Crippen molar-refractivity contribution < 1.29 is 36.4 Å². The summed E-state index contributed by atoms with van der Waals surface area (Å²) in [5.74, 6) is -9.52. The van der Waals surface area contributed by atoms with Gasteiger partial charge in [-0.05, 0) is 26.8 Å². The average molecular weight is 373 g/mol. The molecule has 2 unspecified atom stereocenters. The van der Waals surface area contributed by atoms with Gasteiger partial charge in [-0.3, -0.25) is 0 Å². The van der Waals surface area contributed by atoms with Gasteiger partial charge < -0.3 is 9.66 Å². The number of alkyl halides is 4. The lowest BCUT2D eigenvalue weighted by atomic mass is 9.84. The molecule has 1 rings (SSSR count). The molecule has 10 heteroatoms. The van der Waals surface area contributed by atoms with Crippen molar-refractivity contribution in [3.8, 4) is 0 Å². The Bertz CT molecular complexity index is 608. The van der Waals surface area contributed by atoms with Crippen LogP contribution in [0.5, 0.6) is 0 Å². The summed E-state index contributed by atoms with van der Waals surface area (Å²) in [6, 6.07) is 3.29. The van der Waals surface area contributed by atoms with Crippen LogP contribution in [0, 0.1) is 5.82 Å². The van der Waals surface area contributed by atoms with Crippen LogP contribution in [0.2, 0.25) is 0 Å². The van der Waals surface area contributed by atoms with Crippen LogP contribution < -0.4 is 4.72 Å². The number of benzene rings is 1. The lowest BCUT2D eigenvalue weighted by Crippen LogP contribution is -2.67.